The number of aryl methyl sites for hydroxylation is 1. The van der Waals surface area contributed by atoms with Gasteiger partial charge in [-0.15, -0.1) is 0 Å². The first kappa shape index (κ1) is 17.1. The molecule has 2 aromatic heterocycles. The van der Waals surface area contributed by atoms with E-state index in [1.807, 2.05) is 23.1 Å². The minimum absolute atomic E-state index is 0.308. The van der Waals surface area contributed by atoms with Gasteiger partial charge in [-0.05, 0) is 12.5 Å². The van der Waals surface area contributed by atoms with Crippen LogP contribution in [0.4, 0.5) is 0 Å². The number of fused-ring (bicyclic) bond motifs is 1. The molecule has 1 aliphatic heterocycles. The fraction of sp³-hybridized carbons (Fsp3) is 0.625. The molecular formula is C16H25N5O3. The molecule has 0 spiro atoms. The number of hydrogen-bond acceptors (Lipinski definition) is 6. The summed E-state index contributed by atoms with van der Waals surface area (Å²) in [4.78, 5) is 6.80. The van der Waals surface area contributed by atoms with Crippen molar-refractivity contribution >= 4 is 0 Å². The number of aliphatic hydroxyl groups is 2. The summed E-state index contributed by atoms with van der Waals surface area (Å²) < 4.78 is 9.20. The Morgan fingerprint density at radius 2 is 2.25 bits per heavy atom. The fourth-order valence-corrected chi connectivity index (χ4v) is 3.03. The summed E-state index contributed by atoms with van der Waals surface area (Å²) in [6, 6.07) is 1.89. The lowest BCUT2D eigenvalue weighted by molar-refractivity contribution is 0.0916. The van der Waals surface area contributed by atoms with E-state index < -0.39 is 6.10 Å². The molecule has 1 atom stereocenters. The lowest BCUT2D eigenvalue weighted by Gasteiger charge is -2.19. The van der Waals surface area contributed by atoms with Gasteiger partial charge in [0, 0.05) is 45.7 Å². The van der Waals surface area contributed by atoms with Crippen LogP contribution in [0.5, 0.6) is 0 Å². The van der Waals surface area contributed by atoms with Crippen LogP contribution in [0.25, 0.3) is 0 Å². The molecule has 0 radical (unpaired) electrons. The number of methoxy groups -OCH3 is 1. The third kappa shape index (κ3) is 3.84. The fourth-order valence-electron chi connectivity index (χ4n) is 3.03. The van der Waals surface area contributed by atoms with Gasteiger partial charge in [0.05, 0.1) is 31.1 Å². The Balaban J connectivity index is 1.69. The van der Waals surface area contributed by atoms with Crippen molar-refractivity contribution in [3.8, 4) is 0 Å². The average molecular weight is 335 g/mol. The maximum absolute atomic E-state index is 9.78. The molecule has 0 bridgehead atoms. The van der Waals surface area contributed by atoms with Gasteiger partial charge in [0.25, 0.3) is 0 Å². The van der Waals surface area contributed by atoms with Crippen molar-refractivity contribution in [2.24, 2.45) is 0 Å². The van der Waals surface area contributed by atoms with Crippen molar-refractivity contribution in [2.45, 2.75) is 38.7 Å². The highest BCUT2D eigenvalue weighted by Gasteiger charge is 2.20. The van der Waals surface area contributed by atoms with Crippen molar-refractivity contribution < 1.29 is 14.9 Å². The predicted octanol–water partition coefficient (Wildman–Crippen LogP) is 0.158. The van der Waals surface area contributed by atoms with Crippen molar-refractivity contribution in [3.05, 3.63) is 35.7 Å². The topological polar surface area (TPSA) is 88.6 Å². The van der Waals surface area contributed by atoms with Crippen LogP contribution in [0, 0.1) is 0 Å². The van der Waals surface area contributed by atoms with Gasteiger partial charge in [-0.3, -0.25) is 9.58 Å². The second-order valence-electron chi connectivity index (χ2n) is 6.08. The van der Waals surface area contributed by atoms with E-state index >= 15 is 0 Å². The highest BCUT2D eigenvalue weighted by Crippen LogP contribution is 2.19. The Morgan fingerprint density at radius 1 is 1.38 bits per heavy atom. The molecule has 0 aromatic carbocycles. The molecule has 24 heavy (non-hydrogen) atoms. The lowest BCUT2D eigenvalue weighted by atomic mass is 10.2. The zero-order valence-electron chi connectivity index (χ0n) is 14.0. The van der Waals surface area contributed by atoms with Gasteiger partial charge in [-0.1, -0.05) is 0 Å². The first-order chi connectivity index (χ1) is 11.7. The molecule has 3 rings (SSSR count). The van der Waals surface area contributed by atoms with Crippen LogP contribution in [0.15, 0.2) is 18.5 Å². The number of aromatic nitrogens is 4. The molecule has 0 unspecified atom stereocenters. The number of imidazole rings is 1. The highest BCUT2D eigenvalue weighted by atomic mass is 16.5. The third-order valence-corrected chi connectivity index (χ3v) is 4.33. The summed E-state index contributed by atoms with van der Waals surface area (Å²) in [6.45, 7) is 4.46. The van der Waals surface area contributed by atoms with Gasteiger partial charge in [-0.25, -0.2) is 4.98 Å². The van der Waals surface area contributed by atoms with E-state index in [2.05, 4.69) is 19.5 Å². The van der Waals surface area contributed by atoms with E-state index in [4.69, 9.17) is 9.84 Å². The quantitative estimate of drug-likeness (QED) is 0.749. The maximum atomic E-state index is 9.78. The van der Waals surface area contributed by atoms with Crippen molar-refractivity contribution in [1.29, 1.82) is 0 Å². The zero-order valence-corrected chi connectivity index (χ0v) is 14.0. The van der Waals surface area contributed by atoms with E-state index in [9.17, 15) is 5.11 Å². The van der Waals surface area contributed by atoms with Crippen LogP contribution in [0.3, 0.4) is 0 Å². The Labute approximate surface area is 141 Å². The average Bonchev–Trinajstić information content (AvgIpc) is 3.15. The van der Waals surface area contributed by atoms with E-state index in [0.29, 0.717) is 12.3 Å². The van der Waals surface area contributed by atoms with Gasteiger partial charge in [-0.2, -0.15) is 5.10 Å². The van der Waals surface area contributed by atoms with Gasteiger partial charge in [0.2, 0.25) is 0 Å². The molecule has 8 nitrogen and oxygen atoms in total. The summed E-state index contributed by atoms with van der Waals surface area (Å²) in [5.74, 6) is 1.02. The van der Waals surface area contributed by atoms with Crippen LogP contribution in [-0.4, -0.2) is 61.3 Å². The van der Waals surface area contributed by atoms with Gasteiger partial charge < -0.3 is 19.5 Å². The van der Waals surface area contributed by atoms with E-state index in [-0.39, 0.29) is 6.61 Å². The Kier molecular flexibility index (Phi) is 5.62. The van der Waals surface area contributed by atoms with E-state index in [1.165, 1.54) is 0 Å². The summed E-state index contributed by atoms with van der Waals surface area (Å²) in [5.41, 5.74) is 1.60. The molecular weight excluding hydrogens is 310 g/mol. The molecule has 0 saturated heterocycles. The van der Waals surface area contributed by atoms with Crippen LogP contribution in [-0.2, 0) is 30.9 Å². The van der Waals surface area contributed by atoms with Crippen LogP contribution in [0.1, 0.15) is 29.7 Å². The summed E-state index contributed by atoms with van der Waals surface area (Å²) >= 11 is 0. The Bertz CT molecular complexity index is 654. The highest BCUT2D eigenvalue weighted by molar-refractivity contribution is 5.14. The second kappa shape index (κ2) is 7.89. The molecule has 0 fully saturated rings. The lowest BCUT2D eigenvalue weighted by Crippen LogP contribution is -2.25. The monoisotopic (exact) mass is 335 g/mol. The molecule has 0 aliphatic carbocycles. The van der Waals surface area contributed by atoms with Crippen molar-refractivity contribution in [3.63, 3.8) is 0 Å². The number of hydrogen-bond donors (Lipinski definition) is 2. The van der Waals surface area contributed by atoms with Crippen molar-refractivity contribution in [2.75, 3.05) is 26.9 Å². The number of nitrogens with zero attached hydrogens (tertiary/aromatic N) is 5. The number of ether oxygens (including phenoxy) is 1. The zero-order chi connectivity index (χ0) is 16.9. The summed E-state index contributed by atoms with van der Waals surface area (Å²) in [5, 5.41) is 23.3. The Hall–Kier alpha value is -1.74. The Morgan fingerprint density at radius 3 is 3.04 bits per heavy atom. The molecule has 132 valence electrons. The second-order valence-corrected chi connectivity index (χ2v) is 6.08. The minimum Gasteiger partial charge on any atom is -0.393 e. The van der Waals surface area contributed by atoms with Gasteiger partial charge >= 0.3 is 0 Å². The first-order valence-electron chi connectivity index (χ1n) is 8.28. The maximum Gasteiger partial charge on any atom is 0.122 e. The van der Waals surface area contributed by atoms with Crippen LogP contribution in [0.2, 0.25) is 0 Å². The molecule has 2 N–H and O–H groups in total. The largest absolute Gasteiger partial charge is 0.393 e. The molecule has 8 heteroatoms. The normalized spacial score (nSPS) is 16.8. The number of rotatable bonds is 7. The number of aliphatic hydroxyl groups excluding tert-OH is 2. The standard InChI is InChI=1S/C16H25N5O3/c1-24-8-7-20-6-3-17-16(20)11-19-4-2-5-21-13(10-19)9-14(18-21)15(23)12-22/h3,6,9,15,22-23H,2,4-5,7-8,10-12H2,1H3/t15-/m0/s1. The predicted molar refractivity (Wildman–Crippen MR) is 87.1 cm³/mol. The molecule has 2 aromatic rings. The van der Waals surface area contributed by atoms with Crippen molar-refractivity contribution in [1.82, 2.24) is 24.2 Å². The molecule has 3 heterocycles. The smallest absolute Gasteiger partial charge is 0.122 e. The summed E-state index contributed by atoms with van der Waals surface area (Å²) in [7, 11) is 1.70. The first-order valence-corrected chi connectivity index (χ1v) is 8.28. The SMILES string of the molecule is COCCn1ccnc1CN1CCCn2nc([C@@H](O)CO)cc2C1. The van der Waals surface area contributed by atoms with E-state index in [1.54, 1.807) is 7.11 Å². The van der Waals surface area contributed by atoms with Crippen LogP contribution >= 0.6 is 0 Å². The minimum atomic E-state index is -0.911. The van der Waals surface area contributed by atoms with Gasteiger partial charge in [0.1, 0.15) is 11.9 Å². The van der Waals surface area contributed by atoms with E-state index in [0.717, 1.165) is 50.7 Å². The summed E-state index contributed by atoms with van der Waals surface area (Å²) in [6.07, 6.45) is 3.88. The third-order valence-electron chi connectivity index (χ3n) is 4.33. The molecule has 0 saturated carbocycles. The van der Waals surface area contributed by atoms with Gasteiger partial charge in [0.15, 0.2) is 0 Å². The molecule has 0 amide bonds. The van der Waals surface area contributed by atoms with Crippen LogP contribution < -0.4 is 0 Å². The molecule has 1 aliphatic rings.